The van der Waals surface area contributed by atoms with Gasteiger partial charge in [0, 0.05) is 0 Å². The van der Waals surface area contributed by atoms with Gasteiger partial charge in [0.2, 0.25) is 0 Å². The Morgan fingerprint density at radius 1 is 1.12 bits per heavy atom. The molecule has 3 nitrogen and oxygen atoms in total. The van der Waals surface area contributed by atoms with E-state index in [0.29, 0.717) is 31.3 Å². The van der Waals surface area contributed by atoms with Crippen LogP contribution >= 0.6 is 0 Å². The fraction of sp³-hybridized carbons (Fsp3) is 1.00. The monoisotopic (exact) mass is 229 g/mol. The van der Waals surface area contributed by atoms with Gasteiger partial charge in [-0.25, -0.2) is 0 Å². The lowest BCUT2D eigenvalue weighted by Crippen LogP contribution is -2.30. The van der Waals surface area contributed by atoms with Crippen LogP contribution < -0.4 is 5.73 Å². The maximum absolute atomic E-state index is 5.91. The molecule has 0 bridgehead atoms. The van der Waals surface area contributed by atoms with E-state index in [9.17, 15) is 0 Å². The minimum absolute atomic E-state index is 0.294. The lowest BCUT2D eigenvalue weighted by atomic mass is 9.97. The van der Waals surface area contributed by atoms with Crippen LogP contribution in [0, 0.1) is 5.92 Å². The second-order valence-corrected chi connectivity index (χ2v) is 4.96. The van der Waals surface area contributed by atoms with Crippen LogP contribution in [-0.4, -0.2) is 32.0 Å². The van der Waals surface area contributed by atoms with Crippen molar-refractivity contribution >= 4 is 0 Å². The number of hydrogen-bond donors (Lipinski definition) is 1. The molecule has 1 aliphatic rings. The molecule has 2 N–H and O–H groups in total. The van der Waals surface area contributed by atoms with Gasteiger partial charge in [0.05, 0.1) is 25.4 Å². The standard InChI is InChI=1S/C13H27NO2/c1-11(2)15-8-9-16-13-7-5-3-4-6-12(13)10-14/h11-13H,3-10,14H2,1-2H3. The Morgan fingerprint density at radius 3 is 2.56 bits per heavy atom. The molecule has 3 heteroatoms. The SMILES string of the molecule is CC(C)OCCOC1CCCCCC1CN. The zero-order chi connectivity index (χ0) is 11.8. The molecule has 0 aromatic heterocycles. The van der Waals surface area contributed by atoms with E-state index in [4.69, 9.17) is 15.2 Å². The first-order valence-corrected chi connectivity index (χ1v) is 6.67. The number of ether oxygens (including phenoxy) is 2. The summed E-state index contributed by atoms with van der Waals surface area (Å²) in [6.45, 7) is 6.27. The summed E-state index contributed by atoms with van der Waals surface area (Å²) in [5, 5.41) is 0. The van der Waals surface area contributed by atoms with Gasteiger partial charge < -0.3 is 15.2 Å². The van der Waals surface area contributed by atoms with E-state index in [0.717, 1.165) is 6.54 Å². The molecule has 1 aliphatic carbocycles. The zero-order valence-corrected chi connectivity index (χ0v) is 10.8. The van der Waals surface area contributed by atoms with Crippen molar-refractivity contribution in [2.24, 2.45) is 11.7 Å². The van der Waals surface area contributed by atoms with Gasteiger partial charge in [-0.2, -0.15) is 0 Å². The van der Waals surface area contributed by atoms with Gasteiger partial charge in [-0.3, -0.25) is 0 Å². The summed E-state index contributed by atoms with van der Waals surface area (Å²) in [5.41, 5.74) is 5.80. The largest absolute Gasteiger partial charge is 0.376 e. The van der Waals surface area contributed by atoms with Crippen LogP contribution in [0.15, 0.2) is 0 Å². The molecule has 0 aromatic rings. The van der Waals surface area contributed by atoms with Crippen molar-refractivity contribution in [2.45, 2.75) is 58.2 Å². The van der Waals surface area contributed by atoms with Gasteiger partial charge >= 0.3 is 0 Å². The highest BCUT2D eigenvalue weighted by Gasteiger charge is 2.22. The minimum atomic E-state index is 0.294. The summed E-state index contributed by atoms with van der Waals surface area (Å²) >= 11 is 0. The van der Waals surface area contributed by atoms with Crippen LogP contribution in [0.2, 0.25) is 0 Å². The van der Waals surface area contributed by atoms with E-state index in [1.165, 1.54) is 32.1 Å². The van der Waals surface area contributed by atoms with Gasteiger partial charge in [-0.15, -0.1) is 0 Å². The molecule has 1 rings (SSSR count). The third kappa shape index (κ3) is 5.28. The van der Waals surface area contributed by atoms with E-state index < -0.39 is 0 Å². The molecule has 0 heterocycles. The molecule has 0 aliphatic heterocycles. The molecule has 0 radical (unpaired) electrons. The predicted molar refractivity (Wildman–Crippen MR) is 66.5 cm³/mol. The summed E-state index contributed by atoms with van der Waals surface area (Å²) in [7, 11) is 0. The van der Waals surface area contributed by atoms with E-state index >= 15 is 0 Å². The summed E-state index contributed by atoms with van der Waals surface area (Å²) in [5.74, 6) is 0.557. The number of rotatable bonds is 6. The van der Waals surface area contributed by atoms with E-state index in [1.807, 2.05) is 13.8 Å². The zero-order valence-electron chi connectivity index (χ0n) is 10.8. The Hall–Kier alpha value is -0.120. The Kier molecular flexibility index (Phi) is 7.01. The Balaban J connectivity index is 2.20. The van der Waals surface area contributed by atoms with Crippen molar-refractivity contribution in [2.75, 3.05) is 19.8 Å². The molecule has 16 heavy (non-hydrogen) atoms. The topological polar surface area (TPSA) is 44.5 Å². The third-order valence-corrected chi connectivity index (χ3v) is 3.26. The fourth-order valence-electron chi connectivity index (χ4n) is 2.32. The first kappa shape index (κ1) is 13.9. The van der Waals surface area contributed by atoms with Gasteiger partial charge in [0.25, 0.3) is 0 Å². The maximum atomic E-state index is 5.91. The fourth-order valence-corrected chi connectivity index (χ4v) is 2.32. The highest BCUT2D eigenvalue weighted by atomic mass is 16.5. The first-order chi connectivity index (χ1) is 7.74. The van der Waals surface area contributed by atoms with Crippen molar-refractivity contribution in [3.63, 3.8) is 0 Å². The quantitative estimate of drug-likeness (QED) is 0.561. The second-order valence-electron chi connectivity index (χ2n) is 4.96. The van der Waals surface area contributed by atoms with Crippen molar-refractivity contribution in [3.05, 3.63) is 0 Å². The highest BCUT2D eigenvalue weighted by molar-refractivity contribution is 4.75. The van der Waals surface area contributed by atoms with Gasteiger partial charge in [-0.1, -0.05) is 19.3 Å². The average Bonchev–Trinajstić information content (AvgIpc) is 2.48. The molecule has 1 saturated carbocycles. The number of hydrogen-bond acceptors (Lipinski definition) is 3. The van der Waals surface area contributed by atoms with Crippen molar-refractivity contribution in [3.8, 4) is 0 Å². The lowest BCUT2D eigenvalue weighted by molar-refractivity contribution is -0.0344. The molecular weight excluding hydrogens is 202 g/mol. The predicted octanol–water partition coefficient (Wildman–Crippen LogP) is 2.34. The van der Waals surface area contributed by atoms with Crippen molar-refractivity contribution in [1.82, 2.24) is 0 Å². The molecule has 2 atom stereocenters. The highest BCUT2D eigenvalue weighted by Crippen LogP contribution is 2.24. The van der Waals surface area contributed by atoms with E-state index in [2.05, 4.69) is 0 Å². The van der Waals surface area contributed by atoms with Crippen molar-refractivity contribution in [1.29, 1.82) is 0 Å². The molecule has 1 fully saturated rings. The lowest BCUT2D eigenvalue weighted by Gasteiger charge is -2.24. The van der Waals surface area contributed by atoms with Crippen LogP contribution in [0.1, 0.15) is 46.0 Å². The number of nitrogens with two attached hydrogens (primary N) is 1. The Morgan fingerprint density at radius 2 is 1.88 bits per heavy atom. The molecule has 0 aromatic carbocycles. The maximum Gasteiger partial charge on any atom is 0.0704 e. The molecule has 0 amide bonds. The van der Waals surface area contributed by atoms with E-state index in [1.54, 1.807) is 0 Å². The van der Waals surface area contributed by atoms with Gasteiger partial charge in [0.15, 0.2) is 0 Å². The summed E-state index contributed by atoms with van der Waals surface area (Å²) in [4.78, 5) is 0. The van der Waals surface area contributed by atoms with E-state index in [-0.39, 0.29) is 0 Å². The molecular formula is C13H27NO2. The second kappa shape index (κ2) is 8.04. The molecule has 96 valence electrons. The average molecular weight is 229 g/mol. The van der Waals surface area contributed by atoms with Crippen LogP contribution in [0.25, 0.3) is 0 Å². The Labute approximate surface area is 99.7 Å². The van der Waals surface area contributed by atoms with Crippen LogP contribution in [0.3, 0.4) is 0 Å². The molecule has 0 spiro atoms. The van der Waals surface area contributed by atoms with Gasteiger partial charge in [-0.05, 0) is 39.2 Å². The molecule has 0 saturated heterocycles. The van der Waals surface area contributed by atoms with Crippen molar-refractivity contribution < 1.29 is 9.47 Å². The normalized spacial score (nSPS) is 27.0. The summed E-state index contributed by atoms with van der Waals surface area (Å²) < 4.78 is 11.4. The van der Waals surface area contributed by atoms with Crippen LogP contribution in [0.5, 0.6) is 0 Å². The summed E-state index contributed by atoms with van der Waals surface area (Å²) in [6, 6.07) is 0. The Bertz CT molecular complexity index is 173. The smallest absolute Gasteiger partial charge is 0.0704 e. The van der Waals surface area contributed by atoms with Gasteiger partial charge in [0.1, 0.15) is 0 Å². The summed E-state index contributed by atoms with van der Waals surface area (Å²) in [6.07, 6.45) is 6.98. The first-order valence-electron chi connectivity index (χ1n) is 6.67. The van der Waals surface area contributed by atoms with Crippen LogP contribution in [0.4, 0.5) is 0 Å². The molecule has 2 unspecified atom stereocenters. The minimum Gasteiger partial charge on any atom is -0.376 e. The van der Waals surface area contributed by atoms with Crippen LogP contribution in [-0.2, 0) is 9.47 Å². The third-order valence-electron chi connectivity index (χ3n) is 3.26.